The zero-order valence-electron chi connectivity index (χ0n) is 16.5. The van der Waals surface area contributed by atoms with Crippen LogP contribution in [0, 0.1) is 19.8 Å². The summed E-state index contributed by atoms with van der Waals surface area (Å²) in [5.74, 6) is -0.0777. The van der Waals surface area contributed by atoms with Gasteiger partial charge in [0.05, 0.1) is 12.5 Å². The van der Waals surface area contributed by atoms with Crippen molar-refractivity contribution >= 4 is 42.3 Å². The molecule has 0 aromatic heterocycles. The summed E-state index contributed by atoms with van der Waals surface area (Å²) in [7, 11) is 0. The number of amides is 2. The van der Waals surface area contributed by atoms with Gasteiger partial charge in [-0.2, -0.15) is 0 Å². The van der Waals surface area contributed by atoms with Crippen molar-refractivity contribution in [2.45, 2.75) is 33.7 Å². The zero-order valence-corrected chi connectivity index (χ0v) is 18.2. The van der Waals surface area contributed by atoms with E-state index in [2.05, 4.69) is 10.2 Å². The molecule has 6 nitrogen and oxygen atoms in total. The van der Waals surface area contributed by atoms with Crippen molar-refractivity contribution in [2.75, 3.05) is 38.0 Å². The normalized spacial score (nSPS) is 16.6. The van der Waals surface area contributed by atoms with Crippen molar-refractivity contribution in [3.05, 3.63) is 29.3 Å². The van der Waals surface area contributed by atoms with Crippen LogP contribution in [0.25, 0.3) is 0 Å². The monoisotopic (exact) mass is 418 g/mol. The van der Waals surface area contributed by atoms with Crippen LogP contribution in [0.2, 0.25) is 0 Å². The summed E-state index contributed by atoms with van der Waals surface area (Å²) in [5, 5.41) is 2.99. The van der Waals surface area contributed by atoms with Crippen LogP contribution in [0.5, 0.6) is 0 Å². The first kappa shape index (κ1) is 25.7. The minimum atomic E-state index is -0.167. The molecule has 0 spiro atoms. The van der Waals surface area contributed by atoms with Gasteiger partial charge in [0.15, 0.2) is 0 Å². The van der Waals surface area contributed by atoms with Gasteiger partial charge in [0, 0.05) is 37.9 Å². The molecule has 3 N–H and O–H groups in total. The van der Waals surface area contributed by atoms with Crippen molar-refractivity contribution in [3.63, 3.8) is 0 Å². The summed E-state index contributed by atoms with van der Waals surface area (Å²) in [6, 6.07) is 5.76. The Morgan fingerprint density at radius 3 is 2.26 bits per heavy atom. The van der Waals surface area contributed by atoms with Gasteiger partial charge in [0.25, 0.3) is 0 Å². The molecule has 0 saturated carbocycles. The summed E-state index contributed by atoms with van der Waals surface area (Å²) in [4.78, 5) is 28.6. The van der Waals surface area contributed by atoms with E-state index in [9.17, 15) is 9.59 Å². The standard InChI is InChI=1S/C19H30N4O2.2ClH/c1-13-6-5-7-17(14(13)2)21-18(24)12-22-8-10-23(11-9-22)19(25)15(3)16(4)20;;/h5-7,15-16H,8-12,20H2,1-4H3,(H,21,24);2*1H. The molecular formula is C19H32Cl2N4O2. The van der Waals surface area contributed by atoms with E-state index < -0.39 is 0 Å². The Bertz CT molecular complexity index is 632. The number of benzene rings is 1. The van der Waals surface area contributed by atoms with Crippen molar-refractivity contribution in [1.82, 2.24) is 9.80 Å². The molecule has 0 radical (unpaired) electrons. The Kier molecular flexibility index (Phi) is 10.9. The number of carbonyl (C=O) groups is 2. The quantitative estimate of drug-likeness (QED) is 0.767. The lowest BCUT2D eigenvalue weighted by Crippen LogP contribution is -2.53. The Hall–Kier alpha value is -1.34. The van der Waals surface area contributed by atoms with E-state index in [0.717, 1.165) is 16.8 Å². The molecule has 2 amide bonds. The first-order chi connectivity index (χ1) is 11.8. The van der Waals surface area contributed by atoms with Gasteiger partial charge in [-0.3, -0.25) is 14.5 Å². The molecule has 0 bridgehead atoms. The number of piperazine rings is 1. The molecule has 1 aromatic carbocycles. The van der Waals surface area contributed by atoms with E-state index in [1.807, 2.05) is 50.8 Å². The lowest BCUT2D eigenvalue weighted by molar-refractivity contribution is -0.137. The van der Waals surface area contributed by atoms with Gasteiger partial charge in [-0.25, -0.2) is 0 Å². The second-order valence-corrected chi connectivity index (χ2v) is 7.04. The summed E-state index contributed by atoms with van der Waals surface area (Å²) >= 11 is 0. The van der Waals surface area contributed by atoms with E-state index in [4.69, 9.17) is 5.73 Å². The summed E-state index contributed by atoms with van der Waals surface area (Å²) < 4.78 is 0. The third-order valence-electron chi connectivity index (χ3n) is 5.11. The highest BCUT2D eigenvalue weighted by Gasteiger charge is 2.27. The summed E-state index contributed by atoms with van der Waals surface area (Å²) in [6.45, 7) is 10.8. The van der Waals surface area contributed by atoms with Gasteiger partial charge in [-0.1, -0.05) is 19.1 Å². The summed E-state index contributed by atoms with van der Waals surface area (Å²) in [5.41, 5.74) is 8.94. The Balaban J connectivity index is 0.00000338. The van der Waals surface area contributed by atoms with Crippen molar-refractivity contribution in [2.24, 2.45) is 11.7 Å². The molecular weight excluding hydrogens is 387 g/mol. The number of rotatable bonds is 5. The largest absolute Gasteiger partial charge is 0.340 e. The van der Waals surface area contributed by atoms with E-state index in [1.165, 1.54) is 0 Å². The highest BCUT2D eigenvalue weighted by Crippen LogP contribution is 2.18. The number of nitrogens with one attached hydrogen (secondary N) is 1. The van der Waals surface area contributed by atoms with Crippen molar-refractivity contribution < 1.29 is 9.59 Å². The van der Waals surface area contributed by atoms with Gasteiger partial charge < -0.3 is 16.0 Å². The molecule has 2 unspecified atom stereocenters. The SMILES string of the molecule is Cc1cccc(NC(=O)CN2CCN(C(=O)C(C)C(C)N)CC2)c1C.Cl.Cl. The third-order valence-corrected chi connectivity index (χ3v) is 5.11. The molecule has 27 heavy (non-hydrogen) atoms. The van der Waals surface area contributed by atoms with Gasteiger partial charge in [-0.15, -0.1) is 24.8 Å². The highest BCUT2D eigenvalue weighted by molar-refractivity contribution is 5.93. The maximum atomic E-state index is 12.3. The number of anilines is 1. The molecule has 1 fully saturated rings. The van der Waals surface area contributed by atoms with Crippen LogP contribution < -0.4 is 11.1 Å². The summed E-state index contributed by atoms with van der Waals surface area (Å²) in [6.07, 6.45) is 0. The fraction of sp³-hybridized carbons (Fsp3) is 0.579. The number of aryl methyl sites for hydroxylation is 1. The zero-order chi connectivity index (χ0) is 18.6. The van der Waals surface area contributed by atoms with Crippen molar-refractivity contribution in [3.8, 4) is 0 Å². The molecule has 1 aliphatic heterocycles. The Labute approximate surface area is 174 Å². The van der Waals surface area contributed by atoms with Gasteiger partial charge in [0.2, 0.25) is 11.8 Å². The molecule has 1 aliphatic rings. The molecule has 2 atom stereocenters. The number of halogens is 2. The smallest absolute Gasteiger partial charge is 0.238 e. The average Bonchev–Trinajstić information content (AvgIpc) is 2.58. The molecule has 2 rings (SSSR count). The third kappa shape index (κ3) is 6.96. The van der Waals surface area contributed by atoms with E-state index in [0.29, 0.717) is 32.7 Å². The minimum Gasteiger partial charge on any atom is -0.340 e. The molecule has 8 heteroatoms. The molecule has 1 heterocycles. The van der Waals surface area contributed by atoms with Crippen LogP contribution in [-0.4, -0.2) is 60.4 Å². The van der Waals surface area contributed by atoms with E-state index in [-0.39, 0.29) is 48.6 Å². The maximum Gasteiger partial charge on any atom is 0.238 e. The fourth-order valence-corrected chi connectivity index (χ4v) is 2.92. The van der Waals surface area contributed by atoms with Crippen LogP contribution in [0.15, 0.2) is 18.2 Å². The first-order valence-electron chi connectivity index (χ1n) is 8.92. The first-order valence-corrected chi connectivity index (χ1v) is 8.92. The van der Waals surface area contributed by atoms with Crippen molar-refractivity contribution in [1.29, 1.82) is 0 Å². The van der Waals surface area contributed by atoms with Crippen LogP contribution >= 0.6 is 24.8 Å². The van der Waals surface area contributed by atoms with E-state index >= 15 is 0 Å². The fourth-order valence-electron chi connectivity index (χ4n) is 2.92. The Morgan fingerprint density at radius 1 is 1.11 bits per heavy atom. The topological polar surface area (TPSA) is 78.7 Å². The van der Waals surface area contributed by atoms with E-state index in [1.54, 1.807) is 0 Å². The Morgan fingerprint density at radius 2 is 1.70 bits per heavy atom. The molecule has 154 valence electrons. The molecule has 1 saturated heterocycles. The molecule has 0 aliphatic carbocycles. The predicted molar refractivity (Wildman–Crippen MR) is 115 cm³/mol. The minimum absolute atomic E-state index is 0. The van der Waals surface area contributed by atoms with Gasteiger partial charge in [0.1, 0.15) is 0 Å². The number of hydrogen-bond acceptors (Lipinski definition) is 4. The van der Waals surface area contributed by atoms with Gasteiger partial charge >= 0.3 is 0 Å². The number of carbonyl (C=O) groups excluding carboxylic acids is 2. The van der Waals surface area contributed by atoms with Gasteiger partial charge in [-0.05, 0) is 38.0 Å². The van der Waals surface area contributed by atoms with Crippen LogP contribution in [0.4, 0.5) is 5.69 Å². The molecule has 1 aromatic rings. The van der Waals surface area contributed by atoms with Crippen LogP contribution in [-0.2, 0) is 9.59 Å². The second-order valence-electron chi connectivity index (χ2n) is 7.04. The number of hydrogen-bond donors (Lipinski definition) is 2. The lowest BCUT2D eigenvalue weighted by atomic mass is 10.0. The average molecular weight is 419 g/mol. The second kappa shape index (κ2) is 11.5. The number of nitrogens with two attached hydrogens (primary N) is 1. The number of nitrogens with zero attached hydrogens (tertiary/aromatic N) is 2. The van der Waals surface area contributed by atoms with Crippen LogP contribution in [0.1, 0.15) is 25.0 Å². The van der Waals surface area contributed by atoms with Crippen LogP contribution in [0.3, 0.4) is 0 Å². The highest BCUT2D eigenvalue weighted by atomic mass is 35.5. The predicted octanol–water partition coefficient (Wildman–Crippen LogP) is 2.21. The lowest BCUT2D eigenvalue weighted by Gasteiger charge is -2.36. The maximum absolute atomic E-state index is 12.3.